The number of aliphatic hydroxyl groups is 1. The second-order valence-corrected chi connectivity index (χ2v) is 9.77. The predicted molar refractivity (Wildman–Crippen MR) is 115 cm³/mol. The van der Waals surface area contributed by atoms with E-state index >= 15 is 0 Å². The van der Waals surface area contributed by atoms with Crippen LogP contribution in [0.15, 0.2) is 30.3 Å². The van der Waals surface area contributed by atoms with E-state index in [9.17, 15) is 27.5 Å². The Kier molecular flexibility index (Phi) is 6.00. The molecule has 3 rings (SSSR count). The lowest BCUT2D eigenvalue weighted by Gasteiger charge is -2.30. The molecule has 0 saturated heterocycles. The number of benzene rings is 1. The van der Waals surface area contributed by atoms with Gasteiger partial charge in [0.25, 0.3) is 0 Å². The van der Waals surface area contributed by atoms with Crippen molar-refractivity contribution >= 4 is 11.8 Å². The average Bonchev–Trinajstić information content (AvgIpc) is 2.96. The fraction of sp³-hybridized carbons (Fsp3) is 0.478. The van der Waals surface area contributed by atoms with Gasteiger partial charge in [-0.2, -0.15) is 13.2 Å². The number of hydrogen-bond donors (Lipinski definition) is 2. The van der Waals surface area contributed by atoms with Gasteiger partial charge in [0, 0.05) is 24.1 Å². The van der Waals surface area contributed by atoms with E-state index in [1.165, 1.54) is 17.0 Å². The molecule has 1 aliphatic rings. The number of anilines is 1. The fourth-order valence-electron chi connectivity index (χ4n) is 3.75. The van der Waals surface area contributed by atoms with Crippen molar-refractivity contribution in [2.45, 2.75) is 57.4 Å². The number of pyridine rings is 1. The highest BCUT2D eigenvalue weighted by Gasteiger charge is 2.56. The predicted octanol–water partition coefficient (Wildman–Crippen LogP) is 4.63. The summed E-state index contributed by atoms with van der Waals surface area (Å²) >= 11 is 0. The minimum absolute atomic E-state index is 0.0185. The number of carbonyl (C=O) groups is 1. The molecule has 0 fully saturated rings. The molecule has 6 nitrogen and oxygen atoms in total. The van der Waals surface area contributed by atoms with Crippen LogP contribution < -0.4 is 10.6 Å². The molecule has 3 N–H and O–H groups in total. The van der Waals surface area contributed by atoms with Crippen LogP contribution in [0.2, 0.25) is 0 Å². The van der Waals surface area contributed by atoms with Crippen molar-refractivity contribution in [2.75, 3.05) is 18.0 Å². The number of nitrogens with two attached hydrogens (primary N) is 1. The first-order valence-corrected chi connectivity index (χ1v) is 10.3. The molecule has 180 valence electrons. The number of hydrogen-bond acceptors (Lipinski definition) is 5. The van der Waals surface area contributed by atoms with Crippen molar-refractivity contribution in [3.05, 3.63) is 47.4 Å². The molecule has 1 aromatic heterocycles. The van der Waals surface area contributed by atoms with Gasteiger partial charge in [0.2, 0.25) is 5.60 Å². The average molecular weight is 469 g/mol. The van der Waals surface area contributed by atoms with Crippen LogP contribution in [0.25, 0.3) is 11.3 Å². The molecule has 0 spiro atoms. The maximum atomic E-state index is 13.8. The van der Waals surface area contributed by atoms with Crippen molar-refractivity contribution in [1.29, 1.82) is 0 Å². The fourth-order valence-corrected chi connectivity index (χ4v) is 3.75. The molecule has 33 heavy (non-hydrogen) atoms. The topological polar surface area (TPSA) is 88.7 Å². The van der Waals surface area contributed by atoms with E-state index in [4.69, 9.17) is 10.5 Å². The maximum Gasteiger partial charge on any atom is 0.424 e. The number of rotatable bonds is 3. The first-order valence-electron chi connectivity index (χ1n) is 10.3. The quantitative estimate of drug-likeness (QED) is 0.640. The van der Waals surface area contributed by atoms with Crippen LogP contribution in [0, 0.1) is 5.82 Å². The highest BCUT2D eigenvalue weighted by atomic mass is 19.4. The molecule has 0 aliphatic carbocycles. The number of halogens is 4. The van der Waals surface area contributed by atoms with E-state index < -0.39 is 46.9 Å². The van der Waals surface area contributed by atoms with Gasteiger partial charge in [-0.15, -0.1) is 0 Å². The summed E-state index contributed by atoms with van der Waals surface area (Å²) in [5.74, 6) is -0.551. The zero-order valence-corrected chi connectivity index (χ0v) is 19.0. The zero-order chi connectivity index (χ0) is 25.0. The Morgan fingerprint density at radius 2 is 1.79 bits per heavy atom. The lowest BCUT2D eigenvalue weighted by atomic mass is 9.84. The minimum atomic E-state index is -5.10. The Bertz CT molecular complexity index is 1060. The molecule has 1 amide bonds. The van der Waals surface area contributed by atoms with Crippen LogP contribution in [0.4, 0.5) is 28.0 Å². The second kappa shape index (κ2) is 7.95. The summed E-state index contributed by atoms with van der Waals surface area (Å²) in [6.45, 7) is 7.54. The molecule has 2 heterocycles. The van der Waals surface area contributed by atoms with E-state index in [0.29, 0.717) is 5.56 Å². The van der Waals surface area contributed by atoms with Crippen molar-refractivity contribution in [2.24, 2.45) is 5.73 Å². The van der Waals surface area contributed by atoms with Gasteiger partial charge in [-0.1, -0.05) is 13.8 Å². The SMILES string of the molecule is CC(C)(C)OC(=O)N1CC(C)(C)c2cc([C@](O)(CN)C(F)(F)F)nc(-c3ccc(F)cc3)c21. The Morgan fingerprint density at radius 1 is 1.21 bits per heavy atom. The molecule has 1 aliphatic heterocycles. The van der Waals surface area contributed by atoms with Crippen LogP contribution in [0.1, 0.15) is 45.9 Å². The zero-order valence-electron chi connectivity index (χ0n) is 19.0. The number of amides is 1. The standard InChI is InChI=1S/C23H27F4N3O3/c1-20(2,3)33-19(31)30-12-21(4,5)15-10-16(22(32,11-28)23(25,26)27)29-17(18(15)30)13-6-8-14(24)9-7-13/h6-10,32H,11-12,28H2,1-5H3/t22-/m1/s1. The second-order valence-electron chi connectivity index (χ2n) is 9.77. The monoisotopic (exact) mass is 469 g/mol. The van der Waals surface area contributed by atoms with Gasteiger partial charge >= 0.3 is 12.3 Å². The summed E-state index contributed by atoms with van der Waals surface area (Å²) in [4.78, 5) is 18.5. The van der Waals surface area contributed by atoms with Gasteiger partial charge in [-0.05, 0) is 56.7 Å². The van der Waals surface area contributed by atoms with Crippen molar-refractivity contribution in [1.82, 2.24) is 4.98 Å². The summed E-state index contributed by atoms with van der Waals surface area (Å²) in [7, 11) is 0. The summed E-state index contributed by atoms with van der Waals surface area (Å²) in [5, 5.41) is 10.5. The highest BCUT2D eigenvalue weighted by molar-refractivity contribution is 5.97. The molecule has 1 atom stereocenters. The van der Waals surface area contributed by atoms with Gasteiger partial charge in [0.15, 0.2) is 0 Å². The van der Waals surface area contributed by atoms with Crippen LogP contribution in [0.3, 0.4) is 0 Å². The van der Waals surface area contributed by atoms with E-state index in [-0.39, 0.29) is 23.5 Å². The van der Waals surface area contributed by atoms with Crippen LogP contribution >= 0.6 is 0 Å². The Morgan fingerprint density at radius 3 is 2.27 bits per heavy atom. The summed E-state index contributed by atoms with van der Waals surface area (Å²) in [6.07, 6.45) is -5.80. The lowest BCUT2D eigenvalue weighted by molar-refractivity contribution is -0.263. The normalized spacial score (nSPS) is 17.5. The molecular formula is C23H27F4N3O3. The lowest BCUT2D eigenvalue weighted by Crippen LogP contribution is -2.49. The third-order valence-corrected chi connectivity index (χ3v) is 5.46. The molecule has 1 aromatic carbocycles. The number of carbonyl (C=O) groups excluding carboxylic acids is 1. The number of ether oxygens (including phenoxy) is 1. The van der Waals surface area contributed by atoms with Crippen molar-refractivity contribution < 1.29 is 32.2 Å². The van der Waals surface area contributed by atoms with E-state index in [0.717, 1.165) is 18.2 Å². The number of nitrogens with zero attached hydrogens (tertiary/aromatic N) is 2. The van der Waals surface area contributed by atoms with Crippen LogP contribution in [0.5, 0.6) is 0 Å². The van der Waals surface area contributed by atoms with Gasteiger partial charge in [0.1, 0.15) is 11.4 Å². The summed E-state index contributed by atoms with van der Waals surface area (Å²) in [5.41, 5.74) is 0.461. The molecule has 0 bridgehead atoms. The summed E-state index contributed by atoms with van der Waals surface area (Å²) in [6, 6.07) is 6.08. The molecule has 0 unspecified atom stereocenters. The van der Waals surface area contributed by atoms with Gasteiger partial charge < -0.3 is 15.6 Å². The third-order valence-electron chi connectivity index (χ3n) is 5.46. The molecule has 0 radical (unpaired) electrons. The third kappa shape index (κ3) is 4.54. The van der Waals surface area contributed by atoms with Gasteiger partial charge in [0.05, 0.1) is 17.1 Å². The largest absolute Gasteiger partial charge is 0.443 e. The molecule has 2 aromatic rings. The molecule has 0 saturated carbocycles. The van der Waals surface area contributed by atoms with E-state index in [2.05, 4.69) is 4.98 Å². The molecular weight excluding hydrogens is 442 g/mol. The van der Waals surface area contributed by atoms with E-state index in [1.807, 2.05) is 0 Å². The van der Waals surface area contributed by atoms with Crippen molar-refractivity contribution in [3.63, 3.8) is 0 Å². The highest BCUT2D eigenvalue weighted by Crippen LogP contribution is 2.48. The smallest absolute Gasteiger partial charge is 0.424 e. The van der Waals surface area contributed by atoms with Gasteiger partial charge in [-0.25, -0.2) is 14.2 Å². The number of fused-ring (bicyclic) bond motifs is 1. The Balaban J connectivity index is 2.33. The van der Waals surface area contributed by atoms with Crippen LogP contribution in [-0.4, -0.2) is 41.1 Å². The minimum Gasteiger partial charge on any atom is -0.443 e. The van der Waals surface area contributed by atoms with E-state index in [1.54, 1.807) is 34.6 Å². The maximum absolute atomic E-state index is 13.8. The first-order chi connectivity index (χ1) is 15.0. The van der Waals surface area contributed by atoms with Crippen molar-refractivity contribution in [3.8, 4) is 11.3 Å². The molecule has 10 heteroatoms. The summed E-state index contributed by atoms with van der Waals surface area (Å²) < 4.78 is 60.5. The van der Waals surface area contributed by atoms with Crippen LogP contribution in [-0.2, 0) is 15.8 Å². The first kappa shape index (κ1) is 24.9. The Labute approximate surface area is 189 Å². The van der Waals surface area contributed by atoms with Gasteiger partial charge in [-0.3, -0.25) is 4.90 Å². The Hall–Kier alpha value is -2.72. The number of alkyl halides is 3. The number of aromatic nitrogens is 1.